The minimum Gasteiger partial charge on any atom is -0.0885 e. The maximum Gasteiger partial charge on any atom is -0.00135 e. The van der Waals surface area contributed by atoms with Gasteiger partial charge in [-0.1, -0.05) is 86.9 Å². The van der Waals surface area contributed by atoms with Crippen LogP contribution in [0.15, 0.2) is 60.2 Å². The van der Waals surface area contributed by atoms with E-state index in [2.05, 4.69) is 75.4 Å². The summed E-state index contributed by atoms with van der Waals surface area (Å²) >= 11 is 0. The zero-order valence-electron chi connectivity index (χ0n) is 14.2. The number of allylic oxidation sites excluding steroid dienone is 2. The quantitative estimate of drug-likeness (QED) is 0.464. The molecule has 0 saturated heterocycles. The Morgan fingerprint density at radius 2 is 1.27 bits per heavy atom. The van der Waals surface area contributed by atoms with Gasteiger partial charge in [0.15, 0.2) is 0 Å². The Labute approximate surface area is 135 Å². The fraction of sp³-hybridized carbons (Fsp3) is 0.364. The maximum atomic E-state index is 2.26. The molecule has 2 aromatic carbocycles. The van der Waals surface area contributed by atoms with Gasteiger partial charge in [-0.2, -0.15) is 0 Å². The van der Waals surface area contributed by atoms with Gasteiger partial charge in [-0.3, -0.25) is 0 Å². The molecule has 0 heteroatoms. The van der Waals surface area contributed by atoms with E-state index in [1.54, 1.807) is 5.57 Å². The summed E-state index contributed by atoms with van der Waals surface area (Å²) in [6.45, 7) is 6.61. The summed E-state index contributed by atoms with van der Waals surface area (Å²) in [6, 6.07) is 17.3. The molecule has 0 aromatic heterocycles. The van der Waals surface area contributed by atoms with Gasteiger partial charge in [-0.15, -0.1) is 0 Å². The van der Waals surface area contributed by atoms with Crippen LogP contribution in [0.4, 0.5) is 0 Å². The normalized spacial score (nSPS) is 11.0. The molecular weight excluding hydrogens is 264 g/mol. The van der Waals surface area contributed by atoms with E-state index in [1.807, 2.05) is 0 Å². The van der Waals surface area contributed by atoms with E-state index in [0.717, 1.165) is 6.42 Å². The molecule has 0 nitrogen and oxygen atoms in total. The average molecular weight is 292 g/mol. The lowest BCUT2D eigenvalue weighted by Crippen LogP contribution is -1.80. The van der Waals surface area contributed by atoms with Gasteiger partial charge in [0, 0.05) is 0 Å². The van der Waals surface area contributed by atoms with Crippen molar-refractivity contribution in [3.8, 4) is 11.1 Å². The van der Waals surface area contributed by atoms with Crippen LogP contribution < -0.4 is 0 Å². The highest BCUT2D eigenvalue weighted by atomic mass is 14.2. The third-order valence-corrected chi connectivity index (χ3v) is 4.26. The molecule has 0 amide bonds. The van der Waals surface area contributed by atoms with E-state index >= 15 is 0 Å². The molecule has 116 valence electrons. The largest absolute Gasteiger partial charge is 0.0885 e. The first-order valence-corrected chi connectivity index (χ1v) is 8.60. The third-order valence-electron chi connectivity index (χ3n) is 4.26. The maximum absolute atomic E-state index is 2.26. The monoisotopic (exact) mass is 292 g/mol. The first-order valence-electron chi connectivity index (χ1n) is 8.60. The number of hydrogen-bond donors (Lipinski definition) is 0. The van der Waals surface area contributed by atoms with Crippen molar-refractivity contribution in [1.82, 2.24) is 0 Å². The van der Waals surface area contributed by atoms with Crippen LogP contribution in [0.25, 0.3) is 11.1 Å². The number of benzene rings is 2. The molecule has 1 aliphatic carbocycles. The van der Waals surface area contributed by atoms with Crippen LogP contribution in [0.1, 0.15) is 57.6 Å². The van der Waals surface area contributed by atoms with Gasteiger partial charge < -0.3 is 0 Å². The second-order valence-corrected chi connectivity index (χ2v) is 5.94. The highest BCUT2D eigenvalue weighted by Gasteiger charge is 2.15. The molecule has 0 fully saturated rings. The Bertz CT molecular complexity index is 568. The Kier molecular flexibility index (Phi) is 6.45. The Morgan fingerprint density at radius 1 is 0.818 bits per heavy atom. The van der Waals surface area contributed by atoms with Crippen LogP contribution >= 0.6 is 0 Å². The van der Waals surface area contributed by atoms with Crippen LogP contribution in [0.3, 0.4) is 0 Å². The first kappa shape index (κ1) is 16.5. The van der Waals surface area contributed by atoms with Gasteiger partial charge in [-0.25, -0.2) is 0 Å². The highest BCUT2D eigenvalue weighted by Crippen LogP contribution is 2.35. The standard InChI is InChI=1S/C13H10.C9H18/c1-3-7-12-10(5-1)9-11-6-2-4-8-13(11)12;1-4-7-9(6-3)8-5-2/h1-8H,9H2;6H,4-5,7-8H2,1-3H3. The molecule has 0 heterocycles. The smallest absolute Gasteiger partial charge is 0.00135 e. The highest BCUT2D eigenvalue weighted by molar-refractivity contribution is 5.76. The second-order valence-electron chi connectivity index (χ2n) is 5.94. The van der Waals surface area contributed by atoms with Crippen molar-refractivity contribution in [2.75, 3.05) is 0 Å². The summed E-state index contributed by atoms with van der Waals surface area (Å²) in [5, 5.41) is 0. The van der Waals surface area contributed by atoms with E-state index in [4.69, 9.17) is 0 Å². The first-order chi connectivity index (χ1) is 10.8. The molecule has 0 atom stereocenters. The van der Waals surface area contributed by atoms with Gasteiger partial charge in [0.05, 0.1) is 0 Å². The summed E-state index contributed by atoms with van der Waals surface area (Å²) in [4.78, 5) is 0. The van der Waals surface area contributed by atoms with Crippen molar-refractivity contribution in [1.29, 1.82) is 0 Å². The zero-order valence-corrected chi connectivity index (χ0v) is 14.2. The molecule has 0 radical (unpaired) electrons. The van der Waals surface area contributed by atoms with E-state index in [9.17, 15) is 0 Å². The number of hydrogen-bond acceptors (Lipinski definition) is 0. The fourth-order valence-corrected chi connectivity index (χ4v) is 3.14. The lowest BCUT2D eigenvalue weighted by atomic mass is 10.1. The molecule has 0 N–H and O–H groups in total. The van der Waals surface area contributed by atoms with Crippen molar-refractivity contribution in [3.63, 3.8) is 0 Å². The predicted octanol–water partition coefficient (Wildman–Crippen LogP) is 6.79. The Morgan fingerprint density at radius 3 is 1.68 bits per heavy atom. The lowest BCUT2D eigenvalue weighted by Gasteiger charge is -2.00. The summed E-state index contributed by atoms with van der Waals surface area (Å²) in [5.74, 6) is 0. The number of rotatable bonds is 4. The SMILES string of the molecule is CC=C(CCC)CCC.c1ccc2c(c1)Cc1ccccc1-2. The molecule has 0 unspecified atom stereocenters. The van der Waals surface area contributed by atoms with Crippen molar-refractivity contribution >= 4 is 0 Å². The topological polar surface area (TPSA) is 0 Å². The fourth-order valence-electron chi connectivity index (χ4n) is 3.14. The molecular formula is C22H28. The van der Waals surface area contributed by atoms with Crippen molar-refractivity contribution < 1.29 is 0 Å². The zero-order chi connectivity index (χ0) is 15.8. The third kappa shape index (κ3) is 4.10. The van der Waals surface area contributed by atoms with Crippen molar-refractivity contribution in [3.05, 3.63) is 71.3 Å². The van der Waals surface area contributed by atoms with E-state index < -0.39 is 0 Å². The summed E-state index contributed by atoms with van der Waals surface area (Å²) < 4.78 is 0. The van der Waals surface area contributed by atoms with E-state index in [-0.39, 0.29) is 0 Å². The van der Waals surface area contributed by atoms with E-state index in [0.29, 0.717) is 0 Å². The van der Waals surface area contributed by atoms with Crippen LogP contribution in [-0.2, 0) is 6.42 Å². The summed E-state index contributed by atoms with van der Waals surface area (Å²) in [6.07, 6.45) is 8.54. The molecule has 22 heavy (non-hydrogen) atoms. The summed E-state index contributed by atoms with van der Waals surface area (Å²) in [7, 11) is 0. The van der Waals surface area contributed by atoms with Crippen LogP contribution in [0.5, 0.6) is 0 Å². The number of fused-ring (bicyclic) bond motifs is 3. The molecule has 0 bridgehead atoms. The summed E-state index contributed by atoms with van der Waals surface area (Å²) in [5.41, 5.74) is 7.38. The lowest BCUT2D eigenvalue weighted by molar-refractivity contribution is 0.801. The van der Waals surface area contributed by atoms with Crippen LogP contribution in [-0.4, -0.2) is 0 Å². The molecule has 0 aliphatic heterocycles. The van der Waals surface area contributed by atoms with Gasteiger partial charge in [0.25, 0.3) is 0 Å². The van der Waals surface area contributed by atoms with Crippen LogP contribution in [0, 0.1) is 0 Å². The minimum absolute atomic E-state index is 1.10. The Balaban J connectivity index is 0.000000175. The van der Waals surface area contributed by atoms with Crippen LogP contribution in [0.2, 0.25) is 0 Å². The molecule has 0 spiro atoms. The predicted molar refractivity (Wildman–Crippen MR) is 98.3 cm³/mol. The molecule has 2 aromatic rings. The van der Waals surface area contributed by atoms with Crippen molar-refractivity contribution in [2.24, 2.45) is 0 Å². The molecule has 0 saturated carbocycles. The van der Waals surface area contributed by atoms with Gasteiger partial charge >= 0.3 is 0 Å². The van der Waals surface area contributed by atoms with Gasteiger partial charge in [-0.05, 0) is 48.4 Å². The second kappa shape index (κ2) is 8.58. The van der Waals surface area contributed by atoms with E-state index in [1.165, 1.54) is 47.9 Å². The van der Waals surface area contributed by atoms with Crippen molar-refractivity contribution in [2.45, 2.75) is 52.9 Å². The molecule has 3 rings (SSSR count). The molecule has 1 aliphatic rings. The minimum atomic E-state index is 1.10. The van der Waals surface area contributed by atoms with Gasteiger partial charge in [0.2, 0.25) is 0 Å². The Hall–Kier alpha value is -1.82. The average Bonchev–Trinajstić information content (AvgIpc) is 2.94. The van der Waals surface area contributed by atoms with Gasteiger partial charge in [0.1, 0.15) is 0 Å².